The number of carbonyl (C=O) groups excluding carboxylic acids is 2. The van der Waals surface area contributed by atoms with Crippen LogP contribution >= 0.6 is 23.1 Å². The number of Topliss-reactive ketones (excluding diaryl/α,β-unsaturated/α-hetero) is 1. The van der Waals surface area contributed by atoms with E-state index in [2.05, 4.69) is 18.3 Å². The molecule has 7 heteroatoms. The van der Waals surface area contributed by atoms with Crippen molar-refractivity contribution >= 4 is 34.9 Å². The van der Waals surface area contributed by atoms with Gasteiger partial charge in [0.05, 0.1) is 11.5 Å². The molecule has 1 N–H and O–H groups in total. The van der Waals surface area contributed by atoms with E-state index in [0.717, 1.165) is 35.1 Å². The average molecular weight is 458 g/mol. The molecule has 1 aliphatic carbocycles. The second-order valence-electron chi connectivity index (χ2n) is 7.81. The van der Waals surface area contributed by atoms with Crippen LogP contribution in [-0.4, -0.2) is 29.9 Å². The lowest BCUT2D eigenvalue weighted by Gasteiger charge is -2.35. The summed E-state index contributed by atoms with van der Waals surface area (Å²) in [5, 5.41) is 5.42. The molecule has 2 atom stereocenters. The SMILES string of the molecule is CCSCCOC(=O)C1=C(C)NC2=C(C(=O)CC(c3cccs3)C2)C1c1ccc(C)o1. The second-order valence-corrected chi connectivity index (χ2v) is 10.2. The number of aryl methyl sites for hydroxylation is 1. The third-order valence-electron chi connectivity index (χ3n) is 5.70. The predicted molar refractivity (Wildman–Crippen MR) is 124 cm³/mol. The fourth-order valence-electron chi connectivity index (χ4n) is 4.34. The Morgan fingerprint density at radius 1 is 1.29 bits per heavy atom. The maximum atomic E-state index is 13.4. The quantitative estimate of drug-likeness (QED) is 0.449. The Morgan fingerprint density at radius 2 is 2.13 bits per heavy atom. The van der Waals surface area contributed by atoms with Gasteiger partial charge in [0.15, 0.2) is 5.78 Å². The Morgan fingerprint density at radius 3 is 2.81 bits per heavy atom. The van der Waals surface area contributed by atoms with Crippen molar-refractivity contribution in [1.29, 1.82) is 0 Å². The Labute approximate surface area is 190 Å². The second kappa shape index (κ2) is 9.49. The van der Waals surface area contributed by atoms with Gasteiger partial charge in [0.1, 0.15) is 18.1 Å². The van der Waals surface area contributed by atoms with Gasteiger partial charge in [-0.05, 0) is 49.6 Å². The van der Waals surface area contributed by atoms with Gasteiger partial charge in [0, 0.05) is 39.9 Å². The fourth-order valence-corrected chi connectivity index (χ4v) is 5.66. The molecule has 164 valence electrons. The summed E-state index contributed by atoms with van der Waals surface area (Å²) in [7, 11) is 0. The van der Waals surface area contributed by atoms with Crippen molar-refractivity contribution < 1.29 is 18.7 Å². The molecular weight excluding hydrogens is 430 g/mol. The van der Waals surface area contributed by atoms with Crippen molar-refractivity contribution in [2.75, 3.05) is 18.1 Å². The monoisotopic (exact) mass is 457 g/mol. The van der Waals surface area contributed by atoms with Crippen LogP contribution in [0.3, 0.4) is 0 Å². The maximum Gasteiger partial charge on any atom is 0.336 e. The van der Waals surface area contributed by atoms with Gasteiger partial charge >= 0.3 is 5.97 Å². The van der Waals surface area contributed by atoms with E-state index < -0.39 is 5.92 Å². The highest BCUT2D eigenvalue weighted by Gasteiger charge is 2.42. The normalized spacial score (nSPS) is 21.2. The smallest absolute Gasteiger partial charge is 0.336 e. The average Bonchev–Trinajstić information content (AvgIpc) is 3.42. The molecule has 0 aromatic carbocycles. The topological polar surface area (TPSA) is 68.5 Å². The van der Waals surface area contributed by atoms with E-state index in [-0.39, 0.29) is 17.7 Å². The van der Waals surface area contributed by atoms with Gasteiger partial charge < -0.3 is 14.5 Å². The van der Waals surface area contributed by atoms with Crippen LogP contribution < -0.4 is 5.32 Å². The molecule has 31 heavy (non-hydrogen) atoms. The van der Waals surface area contributed by atoms with Gasteiger partial charge in [-0.25, -0.2) is 4.79 Å². The first-order chi connectivity index (χ1) is 15.0. The van der Waals surface area contributed by atoms with Crippen molar-refractivity contribution in [3.63, 3.8) is 0 Å². The minimum Gasteiger partial charge on any atom is -0.465 e. The number of furan rings is 1. The van der Waals surface area contributed by atoms with Crippen molar-refractivity contribution in [3.8, 4) is 0 Å². The zero-order valence-corrected chi connectivity index (χ0v) is 19.7. The number of nitrogens with one attached hydrogen (secondary N) is 1. The largest absolute Gasteiger partial charge is 0.465 e. The Balaban J connectivity index is 1.69. The van der Waals surface area contributed by atoms with E-state index in [4.69, 9.17) is 9.15 Å². The van der Waals surface area contributed by atoms with Gasteiger partial charge in [0.2, 0.25) is 0 Å². The number of rotatable bonds is 7. The van der Waals surface area contributed by atoms with Crippen LogP contribution in [-0.2, 0) is 14.3 Å². The number of dihydropyridines is 1. The van der Waals surface area contributed by atoms with E-state index in [9.17, 15) is 9.59 Å². The number of hydrogen-bond donors (Lipinski definition) is 1. The molecule has 0 saturated heterocycles. The van der Waals surface area contributed by atoms with Crippen LogP contribution in [0.2, 0.25) is 0 Å². The molecule has 2 aromatic heterocycles. The van der Waals surface area contributed by atoms with Crippen LogP contribution in [0.5, 0.6) is 0 Å². The van der Waals surface area contributed by atoms with E-state index in [1.165, 1.54) is 4.88 Å². The summed E-state index contributed by atoms with van der Waals surface area (Å²) in [5.74, 6) is 2.39. The number of ketones is 1. The Kier molecular flexibility index (Phi) is 6.72. The molecule has 0 amide bonds. The van der Waals surface area contributed by atoms with Gasteiger partial charge in [-0.3, -0.25) is 4.79 Å². The number of ether oxygens (including phenoxy) is 1. The number of thiophene rings is 1. The summed E-state index contributed by atoms with van der Waals surface area (Å²) in [5.41, 5.74) is 2.73. The van der Waals surface area contributed by atoms with E-state index >= 15 is 0 Å². The molecule has 2 aromatic rings. The molecule has 3 heterocycles. The summed E-state index contributed by atoms with van der Waals surface area (Å²) < 4.78 is 11.5. The van der Waals surface area contributed by atoms with Crippen LogP contribution in [0.1, 0.15) is 54.9 Å². The highest BCUT2D eigenvalue weighted by Crippen LogP contribution is 2.46. The van der Waals surface area contributed by atoms with Gasteiger partial charge in [-0.15, -0.1) is 11.3 Å². The Hall–Kier alpha value is -2.25. The molecule has 2 aliphatic rings. The summed E-state index contributed by atoms with van der Waals surface area (Å²) in [6.45, 7) is 6.17. The summed E-state index contributed by atoms with van der Waals surface area (Å²) >= 11 is 3.41. The van der Waals surface area contributed by atoms with Crippen molar-refractivity contribution in [1.82, 2.24) is 5.32 Å². The maximum absolute atomic E-state index is 13.4. The lowest BCUT2D eigenvalue weighted by atomic mass is 9.74. The summed E-state index contributed by atoms with van der Waals surface area (Å²) in [4.78, 5) is 27.7. The lowest BCUT2D eigenvalue weighted by molar-refractivity contribution is -0.138. The summed E-state index contributed by atoms with van der Waals surface area (Å²) in [6, 6.07) is 7.84. The van der Waals surface area contributed by atoms with Crippen molar-refractivity contribution in [2.24, 2.45) is 0 Å². The molecule has 0 radical (unpaired) electrons. The standard InChI is InChI=1S/C24H27NO4S2/c1-4-30-11-9-28-24(27)21-15(3)25-17-12-16(20-6-5-10-31-20)13-18(26)22(17)23(21)19-8-7-14(2)29-19/h5-8,10,16,23,25H,4,9,11-13H2,1-3H3. The van der Waals surface area contributed by atoms with Crippen LogP contribution in [0.25, 0.3) is 0 Å². The number of carbonyl (C=O) groups is 2. The molecule has 0 spiro atoms. The summed E-state index contributed by atoms with van der Waals surface area (Å²) in [6.07, 6.45) is 1.18. The molecule has 2 unspecified atom stereocenters. The zero-order valence-electron chi connectivity index (χ0n) is 18.0. The molecule has 0 fully saturated rings. The van der Waals surface area contributed by atoms with Crippen molar-refractivity contribution in [2.45, 2.75) is 45.4 Å². The van der Waals surface area contributed by atoms with Gasteiger partial charge in [-0.2, -0.15) is 11.8 Å². The molecule has 5 nitrogen and oxygen atoms in total. The van der Waals surface area contributed by atoms with E-state index in [1.807, 2.05) is 37.4 Å². The van der Waals surface area contributed by atoms with Crippen LogP contribution in [0.15, 0.2) is 56.6 Å². The first kappa shape index (κ1) is 22.0. The predicted octanol–water partition coefficient (Wildman–Crippen LogP) is 5.31. The van der Waals surface area contributed by atoms with Gasteiger partial charge in [0.25, 0.3) is 0 Å². The highest BCUT2D eigenvalue weighted by atomic mass is 32.2. The molecular formula is C24H27NO4S2. The third-order valence-corrected chi connectivity index (χ3v) is 7.60. The van der Waals surface area contributed by atoms with Crippen molar-refractivity contribution in [3.05, 3.63) is 68.6 Å². The number of esters is 1. The van der Waals surface area contributed by atoms with Crippen LogP contribution in [0.4, 0.5) is 0 Å². The third kappa shape index (κ3) is 4.53. The highest BCUT2D eigenvalue weighted by molar-refractivity contribution is 7.99. The van der Waals surface area contributed by atoms with E-state index in [1.54, 1.807) is 23.1 Å². The van der Waals surface area contributed by atoms with E-state index in [0.29, 0.717) is 29.9 Å². The Bertz CT molecular complexity index is 1030. The first-order valence-electron chi connectivity index (χ1n) is 10.6. The zero-order chi connectivity index (χ0) is 22.0. The lowest BCUT2D eigenvalue weighted by Crippen LogP contribution is -2.36. The number of allylic oxidation sites excluding steroid dienone is 3. The minimum atomic E-state index is -0.534. The first-order valence-corrected chi connectivity index (χ1v) is 12.6. The number of hydrogen-bond acceptors (Lipinski definition) is 7. The molecule has 4 rings (SSSR count). The fraction of sp³-hybridized carbons (Fsp3) is 0.417. The molecule has 1 aliphatic heterocycles. The molecule has 0 saturated carbocycles. The molecule has 0 bridgehead atoms. The number of thioether (sulfide) groups is 1. The van der Waals surface area contributed by atoms with Crippen LogP contribution in [0, 0.1) is 6.92 Å². The minimum absolute atomic E-state index is 0.0607. The van der Waals surface area contributed by atoms with Gasteiger partial charge in [-0.1, -0.05) is 13.0 Å².